The quantitative estimate of drug-likeness (QED) is 0.131. The van der Waals surface area contributed by atoms with Gasteiger partial charge in [-0.15, -0.1) is 12.8 Å². The Morgan fingerprint density at radius 2 is 1.88 bits per heavy atom. The fraction of sp³-hybridized carbons (Fsp3) is 0.297. The van der Waals surface area contributed by atoms with Crippen LogP contribution in [0.2, 0.25) is 0 Å². The third-order valence-electron chi connectivity index (χ3n) is 8.13. The highest BCUT2D eigenvalue weighted by molar-refractivity contribution is 5.95. The van der Waals surface area contributed by atoms with Crippen molar-refractivity contribution in [2.45, 2.75) is 66.2 Å². The van der Waals surface area contributed by atoms with Crippen LogP contribution in [0.15, 0.2) is 85.6 Å². The van der Waals surface area contributed by atoms with Crippen LogP contribution in [0.3, 0.4) is 0 Å². The standard InChI is InChI=1S/C35H42N6.C2H2/c1-7-27(18-29(8-2)37-23(4)17-26-13-11-10-12-14-26)28-15-16-32-31(19-28)35(40-39-32)33-20-30(25(6)38-33)34(9-3)41-21-24(5)36-22-41;1-2/h7-9,15-16,18-22,26,37-38H,2,4,10-14,17H2,1,3,5-6H3,(H,39,40);1-2H/b27-7+,29-18+,34-9+;. The number of H-pyrrole nitrogens is 2. The largest absolute Gasteiger partial charge is 0.359 e. The first kappa shape index (κ1) is 31.2. The van der Waals surface area contributed by atoms with Crippen LogP contribution in [0.4, 0.5) is 0 Å². The lowest BCUT2D eigenvalue weighted by molar-refractivity contribution is 0.353. The number of hydrogen-bond acceptors (Lipinski definition) is 3. The molecule has 0 radical (unpaired) electrons. The van der Waals surface area contributed by atoms with Gasteiger partial charge in [0.1, 0.15) is 5.69 Å². The maximum Gasteiger partial charge on any atom is 0.116 e. The molecule has 1 aliphatic rings. The normalized spacial score (nSPS) is 14.8. The van der Waals surface area contributed by atoms with Gasteiger partial charge in [-0.05, 0) is 81.5 Å². The fourth-order valence-corrected chi connectivity index (χ4v) is 5.99. The highest BCUT2D eigenvalue weighted by Crippen LogP contribution is 2.33. The molecule has 1 aromatic carbocycles. The lowest BCUT2D eigenvalue weighted by Crippen LogP contribution is -2.15. The summed E-state index contributed by atoms with van der Waals surface area (Å²) in [6.07, 6.45) is 27.9. The maximum atomic E-state index is 4.71. The Kier molecular flexibility index (Phi) is 10.5. The second kappa shape index (κ2) is 14.4. The monoisotopic (exact) mass is 572 g/mol. The molecule has 0 aliphatic heterocycles. The Morgan fingerprint density at radius 3 is 2.53 bits per heavy atom. The minimum atomic E-state index is 0.739. The Bertz CT molecular complexity index is 1690. The number of hydrogen-bond donors (Lipinski definition) is 3. The third-order valence-corrected chi connectivity index (χ3v) is 8.13. The molecule has 0 bridgehead atoms. The fourth-order valence-electron chi connectivity index (χ4n) is 5.99. The number of imidazole rings is 1. The topological polar surface area (TPSA) is 74.3 Å². The van der Waals surface area contributed by atoms with E-state index < -0.39 is 0 Å². The number of allylic oxidation sites excluding steroid dienone is 6. The number of terminal acetylenes is 1. The predicted octanol–water partition coefficient (Wildman–Crippen LogP) is 9.08. The average Bonchev–Trinajstić information content (AvgIpc) is 3.75. The van der Waals surface area contributed by atoms with E-state index in [2.05, 4.69) is 114 Å². The summed E-state index contributed by atoms with van der Waals surface area (Å²) in [4.78, 5) is 7.98. The number of rotatable bonds is 10. The summed E-state index contributed by atoms with van der Waals surface area (Å²) in [5, 5.41) is 12.5. The highest BCUT2D eigenvalue weighted by Gasteiger charge is 2.17. The molecule has 6 nitrogen and oxygen atoms in total. The molecule has 0 atom stereocenters. The Balaban J connectivity index is 0.00000207. The summed E-state index contributed by atoms with van der Waals surface area (Å²) in [6, 6.07) is 8.63. The molecule has 1 aliphatic carbocycles. The van der Waals surface area contributed by atoms with Gasteiger partial charge in [-0.2, -0.15) is 5.10 Å². The van der Waals surface area contributed by atoms with Gasteiger partial charge in [0.25, 0.3) is 0 Å². The van der Waals surface area contributed by atoms with E-state index in [1.54, 1.807) is 0 Å². The summed E-state index contributed by atoms with van der Waals surface area (Å²) >= 11 is 0. The van der Waals surface area contributed by atoms with Crippen LogP contribution in [0.25, 0.3) is 33.6 Å². The molecule has 0 spiro atoms. The van der Waals surface area contributed by atoms with Crippen molar-refractivity contribution in [3.63, 3.8) is 0 Å². The molecule has 4 aromatic rings. The molecule has 5 rings (SSSR count). The number of nitrogens with zero attached hydrogens (tertiary/aromatic N) is 3. The van der Waals surface area contributed by atoms with Crippen molar-refractivity contribution in [3.8, 4) is 24.2 Å². The first-order chi connectivity index (χ1) is 20.9. The van der Waals surface area contributed by atoms with Crippen molar-refractivity contribution in [1.82, 2.24) is 30.0 Å². The van der Waals surface area contributed by atoms with Gasteiger partial charge in [0.05, 0.1) is 28.9 Å². The van der Waals surface area contributed by atoms with E-state index in [1.807, 2.05) is 25.5 Å². The van der Waals surface area contributed by atoms with E-state index in [4.69, 9.17) is 5.10 Å². The number of fused-ring (bicyclic) bond motifs is 1. The average molecular weight is 573 g/mol. The minimum Gasteiger partial charge on any atom is -0.359 e. The molecule has 0 amide bonds. The van der Waals surface area contributed by atoms with Gasteiger partial charge in [-0.1, -0.05) is 63.5 Å². The van der Waals surface area contributed by atoms with E-state index >= 15 is 0 Å². The van der Waals surface area contributed by atoms with Gasteiger partial charge in [0, 0.05) is 34.2 Å². The number of aryl methyl sites for hydroxylation is 2. The highest BCUT2D eigenvalue weighted by atomic mass is 15.1. The molecular weight excluding hydrogens is 528 g/mol. The number of aromatic amines is 2. The maximum absolute atomic E-state index is 4.71. The van der Waals surface area contributed by atoms with Gasteiger partial charge in [-0.25, -0.2) is 4.98 Å². The van der Waals surface area contributed by atoms with E-state index in [0.717, 1.165) is 79.8 Å². The summed E-state index contributed by atoms with van der Waals surface area (Å²) in [5.41, 5.74) is 11.4. The van der Waals surface area contributed by atoms with Crippen molar-refractivity contribution in [2.24, 2.45) is 5.92 Å². The predicted molar refractivity (Wildman–Crippen MR) is 182 cm³/mol. The first-order valence-corrected chi connectivity index (χ1v) is 15.0. The third kappa shape index (κ3) is 7.18. The summed E-state index contributed by atoms with van der Waals surface area (Å²) in [5.74, 6) is 0.739. The Labute approximate surface area is 256 Å². The molecule has 3 heterocycles. The molecule has 1 saturated carbocycles. The molecule has 43 heavy (non-hydrogen) atoms. The Hall–Kier alpha value is -4.76. The van der Waals surface area contributed by atoms with Crippen LogP contribution in [-0.2, 0) is 0 Å². The van der Waals surface area contributed by atoms with Crippen LogP contribution >= 0.6 is 0 Å². The van der Waals surface area contributed by atoms with Crippen molar-refractivity contribution >= 4 is 22.2 Å². The van der Waals surface area contributed by atoms with Crippen molar-refractivity contribution < 1.29 is 0 Å². The van der Waals surface area contributed by atoms with Gasteiger partial charge < -0.3 is 14.9 Å². The van der Waals surface area contributed by atoms with Crippen molar-refractivity contribution in [1.29, 1.82) is 0 Å². The second-order valence-corrected chi connectivity index (χ2v) is 11.1. The van der Waals surface area contributed by atoms with Crippen LogP contribution in [0.5, 0.6) is 0 Å². The van der Waals surface area contributed by atoms with Gasteiger partial charge in [0.15, 0.2) is 0 Å². The van der Waals surface area contributed by atoms with Crippen LogP contribution in [0, 0.1) is 32.6 Å². The molecule has 3 N–H and O–H groups in total. The summed E-state index contributed by atoms with van der Waals surface area (Å²) in [7, 11) is 0. The molecule has 222 valence electrons. The zero-order valence-electron chi connectivity index (χ0n) is 26.0. The second-order valence-electron chi connectivity index (χ2n) is 11.1. The van der Waals surface area contributed by atoms with Gasteiger partial charge >= 0.3 is 0 Å². The van der Waals surface area contributed by atoms with Crippen LogP contribution in [-0.4, -0.2) is 24.7 Å². The van der Waals surface area contributed by atoms with Crippen LogP contribution in [0.1, 0.15) is 74.9 Å². The molecular formula is C37H44N6. The van der Waals surface area contributed by atoms with Crippen LogP contribution < -0.4 is 5.32 Å². The lowest BCUT2D eigenvalue weighted by atomic mass is 9.86. The number of benzene rings is 1. The van der Waals surface area contributed by atoms with Gasteiger partial charge in [0.2, 0.25) is 0 Å². The zero-order valence-corrected chi connectivity index (χ0v) is 26.0. The SMILES string of the molecule is C#C.C=C/C(=C\C(=C/C)c1ccc2[nH]nc(-c3cc(/C(=C\C)n4cnc(C)c4)c(C)[nH]3)c2c1)NC(=C)CC1CCCCC1. The molecule has 3 aromatic heterocycles. The molecule has 1 fully saturated rings. The molecule has 6 heteroatoms. The molecule has 0 saturated heterocycles. The van der Waals surface area contributed by atoms with E-state index in [-0.39, 0.29) is 0 Å². The number of aromatic nitrogens is 5. The van der Waals surface area contributed by atoms with E-state index in [9.17, 15) is 0 Å². The minimum absolute atomic E-state index is 0.739. The summed E-state index contributed by atoms with van der Waals surface area (Å²) in [6.45, 7) is 16.6. The zero-order chi connectivity index (χ0) is 30.9. The Morgan fingerprint density at radius 1 is 1.12 bits per heavy atom. The number of nitrogens with one attached hydrogen (secondary N) is 3. The van der Waals surface area contributed by atoms with Crippen molar-refractivity contribution in [3.05, 3.63) is 108 Å². The van der Waals surface area contributed by atoms with E-state index in [0.29, 0.717) is 0 Å². The first-order valence-electron chi connectivity index (χ1n) is 15.0. The summed E-state index contributed by atoms with van der Waals surface area (Å²) < 4.78 is 2.07. The molecule has 0 unspecified atom stereocenters. The van der Waals surface area contributed by atoms with E-state index in [1.165, 1.54) is 32.1 Å². The lowest BCUT2D eigenvalue weighted by Gasteiger charge is -2.23. The van der Waals surface area contributed by atoms with Gasteiger partial charge in [-0.3, -0.25) is 5.10 Å². The smallest absolute Gasteiger partial charge is 0.116 e. The van der Waals surface area contributed by atoms with Crippen molar-refractivity contribution in [2.75, 3.05) is 0 Å².